The first-order valence-electron chi connectivity index (χ1n) is 6.24. The zero-order valence-electron chi connectivity index (χ0n) is 11.4. The predicted molar refractivity (Wildman–Crippen MR) is 77.6 cm³/mol. The first-order valence-corrected chi connectivity index (χ1v) is 7.03. The minimum Gasteiger partial charge on any atom is -0.296 e. The van der Waals surface area contributed by atoms with Gasteiger partial charge in [0, 0.05) is 7.05 Å². The Morgan fingerprint density at radius 1 is 1.33 bits per heavy atom. The fourth-order valence-electron chi connectivity index (χ4n) is 2.46. The summed E-state index contributed by atoms with van der Waals surface area (Å²) in [6.07, 6.45) is 0. The molecule has 1 aromatic carbocycles. The Morgan fingerprint density at radius 2 is 2.05 bits per heavy atom. The van der Waals surface area contributed by atoms with Gasteiger partial charge in [-0.05, 0) is 35.0 Å². The number of carbonyl (C=O) groups excluding carboxylic acids is 2. The van der Waals surface area contributed by atoms with Gasteiger partial charge in [-0.3, -0.25) is 19.2 Å². The standard InChI is InChI=1S/C14H11BrFN3O2/c1-7-11(15)10(18(2)17-7)6-19-12-8(13(20)14(19)21)4-3-5-9(12)16/h3-5H,6H2,1-2H3. The van der Waals surface area contributed by atoms with Crippen molar-refractivity contribution >= 4 is 33.3 Å². The minimum atomic E-state index is -0.721. The predicted octanol–water partition coefficient (Wildman–Crippen LogP) is 2.36. The minimum absolute atomic E-state index is 0.0400. The number of anilines is 1. The van der Waals surface area contributed by atoms with Gasteiger partial charge in [0.15, 0.2) is 0 Å². The second kappa shape index (κ2) is 4.77. The monoisotopic (exact) mass is 351 g/mol. The summed E-state index contributed by atoms with van der Waals surface area (Å²) < 4.78 is 16.4. The van der Waals surface area contributed by atoms with Gasteiger partial charge in [0.2, 0.25) is 0 Å². The van der Waals surface area contributed by atoms with Crippen molar-refractivity contribution in [3.63, 3.8) is 0 Å². The first kappa shape index (κ1) is 13.9. The van der Waals surface area contributed by atoms with Crippen molar-refractivity contribution < 1.29 is 14.0 Å². The quantitative estimate of drug-likeness (QED) is 0.780. The van der Waals surface area contributed by atoms with Gasteiger partial charge in [-0.15, -0.1) is 0 Å². The van der Waals surface area contributed by atoms with Crippen LogP contribution in [-0.2, 0) is 18.4 Å². The number of Topliss-reactive ketones (excluding diaryl/α,β-unsaturated/α-hetero) is 1. The molecular formula is C14H11BrFN3O2. The van der Waals surface area contributed by atoms with Crippen LogP contribution in [0.3, 0.4) is 0 Å². The zero-order valence-corrected chi connectivity index (χ0v) is 12.9. The smallest absolute Gasteiger partial charge is 0.296 e. The van der Waals surface area contributed by atoms with Crippen LogP contribution in [0.2, 0.25) is 0 Å². The van der Waals surface area contributed by atoms with Crippen LogP contribution >= 0.6 is 15.9 Å². The maximum Gasteiger partial charge on any atom is 0.299 e. The average molecular weight is 352 g/mol. The molecule has 5 nitrogen and oxygen atoms in total. The highest BCUT2D eigenvalue weighted by Gasteiger charge is 2.38. The number of fused-ring (bicyclic) bond motifs is 1. The Hall–Kier alpha value is -2.02. The highest BCUT2D eigenvalue weighted by atomic mass is 79.9. The number of amides is 1. The van der Waals surface area contributed by atoms with Crippen LogP contribution in [0, 0.1) is 12.7 Å². The molecule has 2 heterocycles. The van der Waals surface area contributed by atoms with Crippen molar-refractivity contribution in [3.8, 4) is 0 Å². The van der Waals surface area contributed by atoms with Gasteiger partial charge in [-0.25, -0.2) is 4.39 Å². The van der Waals surface area contributed by atoms with E-state index in [2.05, 4.69) is 21.0 Å². The van der Waals surface area contributed by atoms with E-state index in [1.165, 1.54) is 18.2 Å². The fraction of sp³-hybridized carbons (Fsp3) is 0.214. The molecule has 1 aliphatic heterocycles. The molecule has 0 unspecified atom stereocenters. The number of ketones is 1. The van der Waals surface area contributed by atoms with E-state index in [4.69, 9.17) is 0 Å². The van der Waals surface area contributed by atoms with Crippen LogP contribution < -0.4 is 4.90 Å². The Kier molecular flexibility index (Phi) is 3.16. The topological polar surface area (TPSA) is 55.2 Å². The Labute approximate surface area is 128 Å². The van der Waals surface area contributed by atoms with Crippen molar-refractivity contribution in [3.05, 3.63) is 45.4 Å². The zero-order chi connectivity index (χ0) is 15.3. The van der Waals surface area contributed by atoms with Crippen molar-refractivity contribution in [1.29, 1.82) is 0 Å². The highest BCUT2D eigenvalue weighted by Crippen LogP contribution is 2.34. The van der Waals surface area contributed by atoms with Crippen LogP contribution in [0.5, 0.6) is 0 Å². The van der Waals surface area contributed by atoms with Crippen molar-refractivity contribution in [2.45, 2.75) is 13.5 Å². The first-order chi connectivity index (χ1) is 9.91. The third-order valence-corrected chi connectivity index (χ3v) is 4.54. The number of aromatic nitrogens is 2. The van der Waals surface area contributed by atoms with E-state index in [1.54, 1.807) is 11.7 Å². The lowest BCUT2D eigenvalue weighted by atomic mass is 10.1. The number of aryl methyl sites for hydroxylation is 2. The Bertz CT molecular complexity index is 785. The van der Waals surface area contributed by atoms with E-state index in [-0.39, 0.29) is 17.8 Å². The van der Waals surface area contributed by atoms with E-state index in [9.17, 15) is 14.0 Å². The Balaban J connectivity index is 2.08. The summed E-state index contributed by atoms with van der Waals surface area (Å²) in [6.45, 7) is 1.90. The van der Waals surface area contributed by atoms with Crippen molar-refractivity contribution in [2.24, 2.45) is 7.05 Å². The molecule has 21 heavy (non-hydrogen) atoms. The van der Waals surface area contributed by atoms with E-state index in [1.807, 2.05) is 6.92 Å². The largest absolute Gasteiger partial charge is 0.299 e. The van der Waals surface area contributed by atoms with E-state index < -0.39 is 17.5 Å². The number of nitrogens with zero attached hydrogens (tertiary/aromatic N) is 3. The molecule has 0 spiro atoms. The summed E-state index contributed by atoms with van der Waals surface area (Å²) >= 11 is 3.40. The molecule has 1 amide bonds. The van der Waals surface area contributed by atoms with Gasteiger partial charge in [0.05, 0.1) is 33.7 Å². The average Bonchev–Trinajstić information content (AvgIpc) is 2.83. The number of halogens is 2. The summed E-state index contributed by atoms with van der Waals surface area (Å²) in [4.78, 5) is 25.2. The maximum atomic E-state index is 14.0. The SMILES string of the molecule is Cc1nn(C)c(CN2C(=O)C(=O)c3cccc(F)c32)c1Br. The lowest BCUT2D eigenvalue weighted by Gasteiger charge is -2.17. The molecule has 1 aromatic heterocycles. The molecule has 7 heteroatoms. The van der Waals surface area contributed by atoms with Gasteiger partial charge in [-0.2, -0.15) is 5.10 Å². The molecule has 3 rings (SSSR count). The summed E-state index contributed by atoms with van der Waals surface area (Å²) in [7, 11) is 1.73. The van der Waals surface area contributed by atoms with Crippen LogP contribution in [0.4, 0.5) is 10.1 Å². The van der Waals surface area contributed by atoms with Crippen LogP contribution in [0.25, 0.3) is 0 Å². The number of carbonyl (C=O) groups is 2. The van der Waals surface area contributed by atoms with Gasteiger partial charge in [0.1, 0.15) is 5.82 Å². The third-order valence-electron chi connectivity index (χ3n) is 3.51. The molecule has 108 valence electrons. The number of rotatable bonds is 2. The van der Waals surface area contributed by atoms with Crippen molar-refractivity contribution in [2.75, 3.05) is 4.90 Å². The lowest BCUT2D eigenvalue weighted by Crippen LogP contribution is -2.30. The van der Waals surface area contributed by atoms with Crippen LogP contribution in [0.1, 0.15) is 21.7 Å². The van der Waals surface area contributed by atoms with Crippen molar-refractivity contribution in [1.82, 2.24) is 9.78 Å². The summed E-state index contributed by atoms with van der Waals surface area (Å²) in [6, 6.07) is 4.12. The molecule has 0 atom stereocenters. The van der Waals surface area contributed by atoms with E-state index >= 15 is 0 Å². The molecule has 0 bridgehead atoms. The molecule has 0 fully saturated rings. The third kappa shape index (κ3) is 1.99. The second-order valence-corrected chi connectivity index (χ2v) is 5.62. The molecule has 0 saturated heterocycles. The van der Waals surface area contributed by atoms with E-state index in [0.717, 1.165) is 15.1 Å². The normalized spacial score (nSPS) is 14.0. The van der Waals surface area contributed by atoms with E-state index in [0.29, 0.717) is 5.69 Å². The molecule has 0 saturated carbocycles. The molecule has 1 aliphatic rings. The van der Waals surface area contributed by atoms with Gasteiger partial charge in [0.25, 0.3) is 11.7 Å². The number of para-hydroxylation sites is 1. The highest BCUT2D eigenvalue weighted by molar-refractivity contribution is 9.10. The summed E-state index contributed by atoms with van der Waals surface area (Å²) in [5, 5.41) is 4.23. The number of hydrogen-bond donors (Lipinski definition) is 0. The molecule has 0 aliphatic carbocycles. The Morgan fingerprint density at radius 3 is 2.67 bits per heavy atom. The molecule has 2 aromatic rings. The molecule has 0 radical (unpaired) electrons. The number of hydrogen-bond acceptors (Lipinski definition) is 3. The summed E-state index contributed by atoms with van der Waals surface area (Å²) in [5.74, 6) is -1.98. The van der Waals surface area contributed by atoms with Gasteiger partial charge < -0.3 is 0 Å². The maximum absolute atomic E-state index is 14.0. The lowest BCUT2D eigenvalue weighted by molar-refractivity contribution is -0.114. The van der Waals surface area contributed by atoms with Gasteiger partial charge >= 0.3 is 0 Å². The fourth-order valence-corrected chi connectivity index (χ4v) is 2.93. The summed E-state index contributed by atoms with van der Waals surface area (Å²) in [5.41, 5.74) is 1.61. The number of benzene rings is 1. The molecular weight excluding hydrogens is 341 g/mol. The second-order valence-electron chi connectivity index (χ2n) is 4.83. The molecule has 0 N–H and O–H groups in total. The van der Waals surface area contributed by atoms with Gasteiger partial charge in [-0.1, -0.05) is 6.07 Å². The van der Waals surface area contributed by atoms with Crippen LogP contribution in [0.15, 0.2) is 22.7 Å². The van der Waals surface area contributed by atoms with Crippen LogP contribution in [-0.4, -0.2) is 21.5 Å².